The van der Waals surface area contributed by atoms with Crippen LogP contribution in [-0.2, 0) is 11.3 Å². The third-order valence-corrected chi connectivity index (χ3v) is 5.43. The average Bonchev–Trinajstić information content (AvgIpc) is 3.19. The SMILES string of the molecule is S=C(NC[C@@H]1CCCO1)N1CC[NH+](Cc2ccsc2)CC1. The van der Waals surface area contributed by atoms with Crippen LogP contribution >= 0.6 is 23.6 Å². The highest BCUT2D eigenvalue weighted by Crippen LogP contribution is 2.10. The molecule has 2 aliphatic heterocycles. The Morgan fingerprint density at radius 2 is 2.33 bits per heavy atom. The fourth-order valence-electron chi connectivity index (χ4n) is 3.00. The smallest absolute Gasteiger partial charge is 0.169 e. The summed E-state index contributed by atoms with van der Waals surface area (Å²) in [5.41, 5.74) is 1.46. The van der Waals surface area contributed by atoms with Gasteiger partial charge in [-0.25, -0.2) is 0 Å². The maximum absolute atomic E-state index is 5.62. The normalized spacial score (nSPS) is 23.4. The van der Waals surface area contributed by atoms with E-state index in [0.717, 1.165) is 57.4 Å². The van der Waals surface area contributed by atoms with E-state index in [4.69, 9.17) is 17.0 Å². The van der Waals surface area contributed by atoms with Crippen LogP contribution in [0.15, 0.2) is 16.8 Å². The van der Waals surface area contributed by atoms with Crippen LogP contribution in [-0.4, -0.2) is 55.4 Å². The van der Waals surface area contributed by atoms with Crippen LogP contribution in [0.2, 0.25) is 0 Å². The second-order valence-corrected chi connectivity index (χ2v) is 7.03. The average molecular weight is 327 g/mol. The summed E-state index contributed by atoms with van der Waals surface area (Å²) in [6.45, 7) is 7.35. The van der Waals surface area contributed by atoms with Crippen LogP contribution in [0.4, 0.5) is 0 Å². The lowest BCUT2D eigenvalue weighted by molar-refractivity contribution is -0.917. The maximum atomic E-state index is 5.62. The molecule has 2 saturated heterocycles. The number of rotatable bonds is 4. The van der Waals surface area contributed by atoms with Crippen molar-refractivity contribution < 1.29 is 9.64 Å². The van der Waals surface area contributed by atoms with Crippen molar-refractivity contribution >= 4 is 28.7 Å². The molecule has 2 N–H and O–H groups in total. The van der Waals surface area contributed by atoms with Crippen LogP contribution < -0.4 is 10.2 Å². The fraction of sp³-hybridized carbons (Fsp3) is 0.667. The minimum Gasteiger partial charge on any atom is -0.376 e. The van der Waals surface area contributed by atoms with Crippen LogP contribution in [0.5, 0.6) is 0 Å². The van der Waals surface area contributed by atoms with Gasteiger partial charge in [-0.15, -0.1) is 0 Å². The lowest BCUT2D eigenvalue weighted by atomic mass is 10.2. The quantitative estimate of drug-likeness (QED) is 0.789. The standard InChI is InChI=1S/C15H23N3OS2/c20-15(16-10-14-2-1-8-19-14)18-6-4-17(5-7-18)11-13-3-9-21-12-13/h3,9,12,14H,1-2,4-8,10-11H2,(H,16,20)/p+1/t14-/m0/s1. The van der Waals surface area contributed by atoms with Crippen molar-refractivity contribution in [2.45, 2.75) is 25.5 Å². The van der Waals surface area contributed by atoms with Gasteiger partial charge in [0.25, 0.3) is 0 Å². The first-order valence-corrected chi connectivity index (χ1v) is 9.15. The molecule has 0 bridgehead atoms. The molecule has 4 nitrogen and oxygen atoms in total. The molecular weight excluding hydrogens is 302 g/mol. The number of piperazine rings is 1. The van der Waals surface area contributed by atoms with Crippen LogP contribution in [0.3, 0.4) is 0 Å². The lowest BCUT2D eigenvalue weighted by Gasteiger charge is -2.34. The Morgan fingerprint density at radius 3 is 3.00 bits per heavy atom. The third kappa shape index (κ3) is 4.39. The van der Waals surface area contributed by atoms with Gasteiger partial charge in [-0.3, -0.25) is 0 Å². The summed E-state index contributed by atoms with van der Waals surface area (Å²) in [5.74, 6) is 0. The first-order valence-electron chi connectivity index (χ1n) is 7.80. The van der Waals surface area contributed by atoms with Crippen molar-refractivity contribution in [2.75, 3.05) is 39.3 Å². The number of quaternary nitrogens is 1. The van der Waals surface area contributed by atoms with E-state index in [2.05, 4.69) is 27.0 Å². The van der Waals surface area contributed by atoms with Crippen molar-refractivity contribution in [3.8, 4) is 0 Å². The highest BCUT2D eigenvalue weighted by Gasteiger charge is 2.23. The molecule has 0 unspecified atom stereocenters. The van der Waals surface area contributed by atoms with Crippen LogP contribution in [0, 0.1) is 0 Å². The van der Waals surface area contributed by atoms with Crippen LogP contribution in [0.25, 0.3) is 0 Å². The number of nitrogens with one attached hydrogen (secondary N) is 2. The van der Waals surface area contributed by atoms with Crippen molar-refractivity contribution in [2.24, 2.45) is 0 Å². The van der Waals surface area contributed by atoms with Crippen molar-refractivity contribution in [1.29, 1.82) is 0 Å². The summed E-state index contributed by atoms with van der Waals surface area (Å²) in [4.78, 5) is 3.97. The second kappa shape index (κ2) is 7.54. The molecule has 1 aromatic rings. The molecule has 1 atom stereocenters. The summed E-state index contributed by atoms with van der Waals surface area (Å²) >= 11 is 7.30. The summed E-state index contributed by atoms with van der Waals surface area (Å²) in [5, 5.41) is 8.70. The molecule has 0 radical (unpaired) electrons. The molecule has 3 rings (SSSR count). The predicted octanol–water partition coefficient (Wildman–Crippen LogP) is 0.502. The molecule has 3 heterocycles. The zero-order valence-electron chi connectivity index (χ0n) is 12.3. The monoisotopic (exact) mass is 326 g/mol. The highest BCUT2D eigenvalue weighted by atomic mass is 32.1. The Labute approximate surface area is 136 Å². The maximum Gasteiger partial charge on any atom is 0.169 e. The number of hydrogen-bond acceptors (Lipinski definition) is 3. The zero-order valence-corrected chi connectivity index (χ0v) is 14.0. The molecule has 0 spiro atoms. The van der Waals surface area contributed by atoms with E-state index in [1.807, 2.05) is 0 Å². The van der Waals surface area contributed by atoms with Crippen molar-refractivity contribution in [1.82, 2.24) is 10.2 Å². The van der Waals surface area contributed by atoms with Gasteiger partial charge in [-0.05, 0) is 41.9 Å². The van der Waals surface area contributed by atoms with Crippen LogP contribution in [0.1, 0.15) is 18.4 Å². The molecule has 1 aromatic heterocycles. The van der Waals surface area contributed by atoms with E-state index in [1.54, 1.807) is 16.2 Å². The molecule has 0 aliphatic carbocycles. The second-order valence-electron chi connectivity index (χ2n) is 5.87. The van der Waals surface area contributed by atoms with Gasteiger partial charge in [0.15, 0.2) is 5.11 Å². The van der Waals surface area contributed by atoms with Gasteiger partial charge in [0.2, 0.25) is 0 Å². The Hall–Kier alpha value is -0.690. The van der Waals surface area contributed by atoms with Gasteiger partial charge < -0.3 is 19.9 Å². The first-order chi connectivity index (χ1) is 10.3. The molecule has 0 aromatic carbocycles. The zero-order chi connectivity index (χ0) is 14.5. The van der Waals surface area contributed by atoms with Gasteiger partial charge in [-0.1, -0.05) is 0 Å². The van der Waals surface area contributed by atoms with Gasteiger partial charge in [-0.2, -0.15) is 11.3 Å². The largest absolute Gasteiger partial charge is 0.376 e. The molecule has 21 heavy (non-hydrogen) atoms. The Morgan fingerprint density at radius 1 is 1.48 bits per heavy atom. The minimum atomic E-state index is 0.355. The molecule has 2 fully saturated rings. The van der Waals surface area contributed by atoms with Crippen molar-refractivity contribution in [3.63, 3.8) is 0 Å². The number of ether oxygens (including phenoxy) is 1. The molecule has 0 amide bonds. The van der Waals surface area contributed by atoms with E-state index in [-0.39, 0.29) is 0 Å². The number of hydrogen-bond donors (Lipinski definition) is 2. The summed E-state index contributed by atoms with van der Waals surface area (Å²) in [6.07, 6.45) is 2.70. The molecular formula is C15H24N3OS2+. The Kier molecular flexibility index (Phi) is 5.46. The van der Waals surface area contributed by atoms with E-state index < -0.39 is 0 Å². The minimum absolute atomic E-state index is 0.355. The fourth-order valence-corrected chi connectivity index (χ4v) is 3.94. The number of thiophene rings is 1. The Bertz CT molecular complexity index is 438. The number of nitrogens with zero attached hydrogens (tertiary/aromatic N) is 1. The van der Waals surface area contributed by atoms with Gasteiger partial charge >= 0.3 is 0 Å². The van der Waals surface area contributed by atoms with E-state index in [1.165, 1.54) is 12.0 Å². The molecule has 0 saturated carbocycles. The molecule has 2 aliphatic rings. The Balaban J connectivity index is 1.37. The van der Waals surface area contributed by atoms with Crippen molar-refractivity contribution in [3.05, 3.63) is 22.4 Å². The van der Waals surface area contributed by atoms with E-state index in [0.29, 0.717) is 6.10 Å². The van der Waals surface area contributed by atoms with Gasteiger partial charge in [0, 0.05) is 18.7 Å². The highest BCUT2D eigenvalue weighted by molar-refractivity contribution is 7.80. The molecule has 116 valence electrons. The third-order valence-electron chi connectivity index (χ3n) is 4.30. The molecule has 6 heteroatoms. The summed E-state index contributed by atoms with van der Waals surface area (Å²) < 4.78 is 5.62. The predicted molar refractivity (Wildman–Crippen MR) is 89.9 cm³/mol. The lowest BCUT2D eigenvalue weighted by Crippen LogP contribution is -3.13. The number of thiocarbonyl (C=S) groups is 1. The topological polar surface area (TPSA) is 28.9 Å². The van der Waals surface area contributed by atoms with E-state index >= 15 is 0 Å². The van der Waals surface area contributed by atoms with Gasteiger partial charge in [0.1, 0.15) is 6.54 Å². The summed E-state index contributed by atoms with van der Waals surface area (Å²) in [7, 11) is 0. The van der Waals surface area contributed by atoms with E-state index in [9.17, 15) is 0 Å². The summed E-state index contributed by atoms with van der Waals surface area (Å²) in [6, 6.07) is 2.23. The van der Waals surface area contributed by atoms with Gasteiger partial charge in [0.05, 0.1) is 32.3 Å². The first kappa shape index (κ1) is 15.2.